The van der Waals surface area contributed by atoms with E-state index >= 15 is 0 Å². The van der Waals surface area contributed by atoms with Crippen LogP contribution in [0.5, 0.6) is 0 Å². The number of rotatable bonds is 6. The molecule has 1 heterocycles. The summed E-state index contributed by atoms with van der Waals surface area (Å²) in [7, 11) is 0. The van der Waals surface area contributed by atoms with Gasteiger partial charge >= 0.3 is 0 Å². The van der Waals surface area contributed by atoms with Gasteiger partial charge in [-0.25, -0.2) is 0 Å². The summed E-state index contributed by atoms with van der Waals surface area (Å²) in [6.45, 7) is 8.56. The lowest BCUT2D eigenvalue weighted by Crippen LogP contribution is -2.10. The van der Waals surface area contributed by atoms with Crippen LogP contribution in [0.15, 0.2) is 168 Å². The molecule has 9 rings (SSSR count). The largest absolute Gasteiger partial charge is 0.460 e. The Morgan fingerprint density at radius 3 is 1.73 bits per heavy atom. The Morgan fingerprint density at radius 2 is 0.981 bits per heavy atom. The third-order valence-corrected chi connectivity index (χ3v) is 10.8. The van der Waals surface area contributed by atoms with Crippen LogP contribution in [-0.2, 0) is 0 Å². The summed E-state index contributed by atoms with van der Waals surface area (Å²) in [5.74, 6) is 0.967. The molecule has 0 aliphatic rings. The summed E-state index contributed by atoms with van der Waals surface area (Å²) in [6, 6.07) is 59.6. The van der Waals surface area contributed by atoms with Crippen molar-refractivity contribution in [2.45, 2.75) is 27.7 Å². The molecule has 2 heteroatoms. The zero-order chi connectivity index (χ0) is 35.3. The predicted molar refractivity (Wildman–Crippen MR) is 221 cm³/mol. The number of nitrogens with zero attached hydrogens (tertiary/aromatic N) is 1. The standard InChI is InChI=1S/C50H39NO/c1-32-12-5-7-14-42(32)48-30-38(21-20-33(48)2)36-22-26-40(27-23-36)51(49-31-39-13-6-8-15-44(39)46-16-9-10-17-47(46)49)41-28-24-37(25-29-41)45-19-11-18-43-34(3)35(4)52-50(43)45/h5-31H,1-4H3. The quantitative estimate of drug-likeness (QED) is 0.164. The van der Waals surface area contributed by atoms with Crippen molar-refractivity contribution in [1.29, 1.82) is 0 Å². The van der Waals surface area contributed by atoms with Gasteiger partial charge in [0.05, 0.1) is 5.69 Å². The predicted octanol–water partition coefficient (Wildman–Crippen LogP) is 14.4. The summed E-state index contributed by atoms with van der Waals surface area (Å²) < 4.78 is 6.27. The first-order valence-electron chi connectivity index (χ1n) is 18.0. The zero-order valence-electron chi connectivity index (χ0n) is 29.9. The minimum Gasteiger partial charge on any atom is -0.460 e. The van der Waals surface area contributed by atoms with Gasteiger partial charge in [-0.1, -0.05) is 127 Å². The van der Waals surface area contributed by atoms with E-state index in [1.807, 2.05) is 6.92 Å². The molecule has 0 N–H and O–H groups in total. The Bertz CT molecular complexity index is 2770. The van der Waals surface area contributed by atoms with Crippen molar-refractivity contribution in [2.24, 2.45) is 0 Å². The lowest BCUT2D eigenvalue weighted by atomic mass is 9.93. The van der Waals surface area contributed by atoms with E-state index in [0.717, 1.165) is 39.5 Å². The Labute approximate surface area is 305 Å². The van der Waals surface area contributed by atoms with E-state index in [1.165, 1.54) is 65.9 Å². The van der Waals surface area contributed by atoms with Crippen LogP contribution in [0.3, 0.4) is 0 Å². The second-order valence-corrected chi connectivity index (χ2v) is 13.9. The van der Waals surface area contributed by atoms with Gasteiger partial charge in [0.25, 0.3) is 0 Å². The van der Waals surface area contributed by atoms with Gasteiger partial charge in [-0.05, 0) is 125 Å². The van der Waals surface area contributed by atoms with E-state index in [2.05, 4.69) is 189 Å². The molecular formula is C50H39NO. The molecule has 0 radical (unpaired) electrons. The summed E-state index contributed by atoms with van der Waals surface area (Å²) in [6.07, 6.45) is 0. The Balaban J connectivity index is 1.18. The van der Waals surface area contributed by atoms with Gasteiger partial charge in [0, 0.05) is 27.7 Å². The molecule has 8 aromatic carbocycles. The van der Waals surface area contributed by atoms with Gasteiger partial charge in [-0.15, -0.1) is 0 Å². The Kier molecular flexibility index (Phi) is 7.74. The first-order valence-corrected chi connectivity index (χ1v) is 18.0. The van der Waals surface area contributed by atoms with E-state index in [9.17, 15) is 0 Å². The second-order valence-electron chi connectivity index (χ2n) is 13.9. The molecule has 0 unspecified atom stereocenters. The van der Waals surface area contributed by atoms with Gasteiger partial charge in [0.1, 0.15) is 11.3 Å². The van der Waals surface area contributed by atoms with E-state index in [1.54, 1.807) is 0 Å². The summed E-state index contributed by atoms with van der Waals surface area (Å²) in [5, 5.41) is 6.10. The fraction of sp³-hybridized carbons (Fsp3) is 0.0800. The maximum absolute atomic E-state index is 6.27. The van der Waals surface area contributed by atoms with Gasteiger partial charge in [-0.2, -0.15) is 0 Å². The molecule has 0 aliphatic heterocycles. The van der Waals surface area contributed by atoms with Crippen molar-refractivity contribution >= 4 is 49.6 Å². The summed E-state index contributed by atoms with van der Waals surface area (Å²) in [5.41, 5.74) is 15.2. The second kappa shape index (κ2) is 12.7. The van der Waals surface area contributed by atoms with Crippen molar-refractivity contribution in [2.75, 3.05) is 4.90 Å². The number of benzene rings is 8. The molecule has 52 heavy (non-hydrogen) atoms. The number of hydrogen-bond acceptors (Lipinski definition) is 2. The third kappa shape index (κ3) is 5.36. The van der Waals surface area contributed by atoms with Crippen LogP contribution in [0.1, 0.15) is 22.5 Å². The molecule has 250 valence electrons. The Morgan fingerprint density at radius 1 is 0.404 bits per heavy atom. The molecule has 0 saturated carbocycles. The van der Waals surface area contributed by atoms with Crippen LogP contribution in [-0.4, -0.2) is 0 Å². The van der Waals surface area contributed by atoms with Gasteiger partial charge in [0.2, 0.25) is 0 Å². The Hall–Kier alpha value is -6.38. The number of furan rings is 1. The molecule has 1 aromatic heterocycles. The number of aryl methyl sites for hydroxylation is 4. The average molecular weight is 670 g/mol. The lowest BCUT2D eigenvalue weighted by Gasteiger charge is -2.28. The summed E-state index contributed by atoms with van der Waals surface area (Å²) >= 11 is 0. The van der Waals surface area contributed by atoms with Gasteiger partial charge in [0.15, 0.2) is 0 Å². The first-order chi connectivity index (χ1) is 25.4. The highest BCUT2D eigenvalue weighted by Gasteiger charge is 2.19. The minimum atomic E-state index is 0.944. The van der Waals surface area contributed by atoms with Crippen LogP contribution < -0.4 is 4.90 Å². The van der Waals surface area contributed by atoms with Crippen LogP contribution in [0.4, 0.5) is 17.1 Å². The summed E-state index contributed by atoms with van der Waals surface area (Å²) in [4.78, 5) is 2.40. The molecular weight excluding hydrogens is 631 g/mol. The van der Waals surface area contributed by atoms with E-state index < -0.39 is 0 Å². The topological polar surface area (TPSA) is 16.4 Å². The van der Waals surface area contributed by atoms with E-state index in [4.69, 9.17) is 4.42 Å². The highest BCUT2D eigenvalue weighted by Crippen LogP contribution is 2.43. The number of fused-ring (bicyclic) bond motifs is 4. The number of hydrogen-bond donors (Lipinski definition) is 0. The van der Waals surface area contributed by atoms with E-state index in [-0.39, 0.29) is 0 Å². The number of anilines is 3. The molecule has 0 spiro atoms. The van der Waals surface area contributed by atoms with Crippen LogP contribution >= 0.6 is 0 Å². The monoisotopic (exact) mass is 669 g/mol. The van der Waals surface area contributed by atoms with Crippen LogP contribution in [0, 0.1) is 27.7 Å². The first kappa shape index (κ1) is 31.6. The van der Waals surface area contributed by atoms with Crippen molar-refractivity contribution in [3.8, 4) is 33.4 Å². The molecule has 0 bridgehead atoms. The van der Waals surface area contributed by atoms with E-state index in [0.29, 0.717) is 0 Å². The van der Waals surface area contributed by atoms with Gasteiger partial charge < -0.3 is 9.32 Å². The molecule has 0 fully saturated rings. The SMILES string of the molecule is Cc1ccccc1-c1cc(-c2ccc(N(c3ccc(-c4cccc5c(C)c(C)oc45)cc3)c3cc4ccccc4c4ccccc34)cc2)ccc1C. The molecule has 0 amide bonds. The normalized spacial score (nSPS) is 11.5. The highest BCUT2D eigenvalue weighted by atomic mass is 16.3. The maximum atomic E-state index is 6.27. The van der Waals surface area contributed by atoms with Crippen molar-refractivity contribution < 1.29 is 4.42 Å². The van der Waals surface area contributed by atoms with Crippen LogP contribution in [0.25, 0.3) is 65.9 Å². The molecule has 2 nitrogen and oxygen atoms in total. The zero-order valence-corrected chi connectivity index (χ0v) is 29.9. The lowest BCUT2D eigenvalue weighted by molar-refractivity contribution is 0.576. The third-order valence-electron chi connectivity index (χ3n) is 10.8. The van der Waals surface area contributed by atoms with Crippen molar-refractivity contribution in [3.63, 3.8) is 0 Å². The maximum Gasteiger partial charge on any atom is 0.142 e. The fourth-order valence-corrected chi connectivity index (χ4v) is 7.80. The fourth-order valence-electron chi connectivity index (χ4n) is 7.80. The average Bonchev–Trinajstić information content (AvgIpc) is 3.48. The molecule has 0 atom stereocenters. The molecule has 0 aliphatic carbocycles. The van der Waals surface area contributed by atoms with Crippen molar-refractivity contribution in [1.82, 2.24) is 0 Å². The van der Waals surface area contributed by atoms with Crippen LogP contribution in [0.2, 0.25) is 0 Å². The van der Waals surface area contributed by atoms with Gasteiger partial charge in [-0.3, -0.25) is 0 Å². The number of para-hydroxylation sites is 1. The molecule has 9 aromatic rings. The highest BCUT2D eigenvalue weighted by molar-refractivity contribution is 6.14. The molecule has 0 saturated heterocycles. The minimum absolute atomic E-state index is 0.944. The van der Waals surface area contributed by atoms with Crippen molar-refractivity contribution in [3.05, 3.63) is 186 Å². The smallest absolute Gasteiger partial charge is 0.142 e.